The second kappa shape index (κ2) is 5.43. The third-order valence-corrected chi connectivity index (χ3v) is 3.20. The van der Waals surface area contributed by atoms with Crippen LogP contribution >= 0.6 is 0 Å². The van der Waals surface area contributed by atoms with E-state index in [1.54, 1.807) is 0 Å². The van der Waals surface area contributed by atoms with Crippen LogP contribution in [0, 0.1) is 5.92 Å². The molecule has 3 heteroatoms. The summed E-state index contributed by atoms with van der Waals surface area (Å²) in [4.78, 5) is 2.32. The number of nitrogens with zero attached hydrogens (tertiary/aromatic N) is 1. The van der Waals surface area contributed by atoms with Gasteiger partial charge in [0.1, 0.15) is 0 Å². The van der Waals surface area contributed by atoms with Gasteiger partial charge in [0.2, 0.25) is 0 Å². The summed E-state index contributed by atoms with van der Waals surface area (Å²) < 4.78 is 0. The molecule has 1 saturated heterocycles. The fourth-order valence-electron chi connectivity index (χ4n) is 2.19. The highest BCUT2D eigenvalue weighted by molar-refractivity contribution is 5.14. The number of likely N-dealkylation sites (tertiary alicyclic amines) is 1. The molecule has 1 heterocycles. The molecule has 1 aliphatic heterocycles. The molecule has 2 N–H and O–H groups in total. The molecular formula is C13H19NO2. The van der Waals surface area contributed by atoms with Gasteiger partial charge in [-0.05, 0) is 12.0 Å². The predicted molar refractivity (Wildman–Crippen MR) is 62.9 cm³/mol. The largest absolute Gasteiger partial charge is 0.396 e. The number of hydrogen-bond donors (Lipinski definition) is 2. The average molecular weight is 221 g/mol. The van der Waals surface area contributed by atoms with Gasteiger partial charge >= 0.3 is 0 Å². The standard InChI is InChI=1S/C13H19NO2/c15-7-6-13(16)12-9-14(10-12)8-11-4-2-1-3-5-11/h1-5,12-13,15-16H,6-10H2/t13-/m0/s1. The zero-order valence-corrected chi connectivity index (χ0v) is 9.42. The Morgan fingerprint density at radius 2 is 1.94 bits per heavy atom. The lowest BCUT2D eigenvalue weighted by Gasteiger charge is -2.41. The van der Waals surface area contributed by atoms with Crippen LogP contribution < -0.4 is 0 Å². The minimum atomic E-state index is -0.336. The van der Waals surface area contributed by atoms with Crippen LogP contribution in [0.25, 0.3) is 0 Å². The molecule has 3 nitrogen and oxygen atoms in total. The van der Waals surface area contributed by atoms with E-state index in [4.69, 9.17) is 5.11 Å². The quantitative estimate of drug-likeness (QED) is 0.775. The van der Waals surface area contributed by atoms with Crippen molar-refractivity contribution < 1.29 is 10.2 Å². The van der Waals surface area contributed by atoms with Crippen LogP contribution in [0.3, 0.4) is 0 Å². The van der Waals surface area contributed by atoms with Crippen LogP contribution in [0.1, 0.15) is 12.0 Å². The SMILES string of the molecule is OCC[C@H](O)C1CN(Cc2ccccc2)C1. The monoisotopic (exact) mass is 221 g/mol. The molecule has 0 unspecified atom stereocenters. The fraction of sp³-hybridized carbons (Fsp3) is 0.538. The van der Waals surface area contributed by atoms with Crippen molar-refractivity contribution in [1.29, 1.82) is 0 Å². The van der Waals surface area contributed by atoms with Crippen molar-refractivity contribution in [3.8, 4) is 0 Å². The minimum absolute atomic E-state index is 0.0797. The summed E-state index contributed by atoms with van der Waals surface area (Å²) in [7, 11) is 0. The molecule has 0 aromatic heterocycles. The normalized spacial score (nSPS) is 19.4. The van der Waals surface area contributed by atoms with Crippen LogP contribution in [0.15, 0.2) is 30.3 Å². The van der Waals surface area contributed by atoms with Crippen LogP contribution in [-0.2, 0) is 6.54 Å². The lowest BCUT2D eigenvalue weighted by Crippen LogP contribution is -2.51. The lowest BCUT2D eigenvalue weighted by molar-refractivity contribution is -0.0182. The Labute approximate surface area is 96.3 Å². The van der Waals surface area contributed by atoms with E-state index in [2.05, 4.69) is 17.0 Å². The van der Waals surface area contributed by atoms with Crippen LogP contribution in [0.5, 0.6) is 0 Å². The molecule has 2 rings (SSSR count). The first kappa shape index (κ1) is 11.6. The molecule has 1 aromatic rings. The van der Waals surface area contributed by atoms with E-state index in [0.717, 1.165) is 19.6 Å². The number of hydrogen-bond acceptors (Lipinski definition) is 3. The summed E-state index contributed by atoms with van der Waals surface area (Å²) >= 11 is 0. The zero-order chi connectivity index (χ0) is 11.4. The first-order valence-corrected chi connectivity index (χ1v) is 5.85. The van der Waals surface area contributed by atoms with Gasteiger partial charge in [-0.15, -0.1) is 0 Å². The van der Waals surface area contributed by atoms with Gasteiger partial charge in [-0.2, -0.15) is 0 Å². The number of benzene rings is 1. The number of aliphatic hydroxyl groups excluding tert-OH is 2. The van der Waals surface area contributed by atoms with Gasteiger partial charge in [0, 0.05) is 32.2 Å². The van der Waals surface area contributed by atoms with Crippen molar-refractivity contribution >= 4 is 0 Å². The highest BCUT2D eigenvalue weighted by atomic mass is 16.3. The maximum Gasteiger partial charge on any atom is 0.0614 e. The fourth-order valence-corrected chi connectivity index (χ4v) is 2.19. The van der Waals surface area contributed by atoms with Crippen molar-refractivity contribution in [2.24, 2.45) is 5.92 Å². The maximum absolute atomic E-state index is 9.67. The van der Waals surface area contributed by atoms with Gasteiger partial charge in [-0.25, -0.2) is 0 Å². The van der Waals surface area contributed by atoms with Gasteiger partial charge in [0.15, 0.2) is 0 Å². The van der Waals surface area contributed by atoms with E-state index in [-0.39, 0.29) is 12.7 Å². The molecule has 1 fully saturated rings. The highest BCUT2D eigenvalue weighted by Gasteiger charge is 2.31. The molecule has 1 atom stereocenters. The lowest BCUT2D eigenvalue weighted by atomic mass is 9.91. The average Bonchev–Trinajstić information content (AvgIpc) is 2.24. The Kier molecular flexibility index (Phi) is 3.93. The van der Waals surface area contributed by atoms with Gasteiger partial charge in [0.25, 0.3) is 0 Å². The molecular weight excluding hydrogens is 202 g/mol. The van der Waals surface area contributed by atoms with Crippen molar-refractivity contribution in [3.63, 3.8) is 0 Å². The third kappa shape index (κ3) is 2.82. The topological polar surface area (TPSA) is 43.7 Å². The summed E-state index contributed by atoms with van der Waals surface area (Å²) in [5, 5.41) is 18.4. The highest BCUT2D eigenvalue weighted by Crippen LogP contribution is 2.22. The maximum atomic E-state index is 9.67. The van der Waals surface area contributed by atoms with Crippen LogP contribution in [0.4, 0.5) is 0 Å². The Bertz CT molecular complexity index is 309. The van der Waals surface area contributed by atoms with E-state index >= 15 is 0 Å². The molecule has 16 heavy (non-hydrogen) atoms. The third-order valence-electron chi connectivity index (χ3n) is 3.20. The minimum Gasteiger partial charge on any atom is -0.396 e. The summed E-state index contributed by atoms with van der Waals surface area (Å²) in [5.74, 6) is 0.343. The second-order valence-corrected chi connectivity index (χ2v) is 4.52. The predicted octanol–water partition coefficient (Wildman–Crippen LogP) is 0.862. The van der Waals surface area contributed by atoms with Gasteiger partial charge < -0.3 is 10.2 Å². The van der Waals surface area contributed by atoms with E-state index < -0.39 is 0 Å². The van der Waals surface area contributed by atoms with Crippen LogP contribution in [-0.4, -0.2) is 40.9 Å². The van der Waals surface area contributed by atoms with Crippen molar-refractivity contribution in [1.82, 2.24) is 4.90 Å². The zero-order valence-electron chi connectivity index (χ0n) is 9.42. The van der Waals surface area contributed by atoms with Crippen molar-refractivity contribution in [2.45, 2.75) is 19.1 Å². The molecule has 1 aromatic carbocycles. The van der Waals surface area contributed by atoms with Crippen molar-refractivity contribution in [2.75, 3.05) is 19.7 Å². The molecule has 0 radical (unpaired) electrons. The van der Waals surface area contributed by atoms with E-state index in [9.17, 15) is 5.11 Å². The Morgan fingerprint density at radius 1 is 1.25 bits per heavy atom. The summed E-state index contributed by atoms with van der Waals surface area (Å²) in [6.45, 7) is 2.92. The van der Waals surface area contributed by atoms with Gasteiger partial charge in [-0.3, -0.25) is 4.90 Å². The number of rotatable bonds is 5. The summed E-state index contributed by atoms with van der Waals surface area (Å²) in [6.07, 6.45) is 0.168. The van der Waals surface area contributed by atoms with Crippen molar-refractivity contribution in [3.05, 3.63) is 35.9 Å². The smallest absolute Gasteiger partial charge is 0.0614 e. The van der Waals surface area contributed by atoms with E-state index in [1.165, 1.54) is 5.56 Å². The summed E-state index contributed by atoms with van der Waals surface area (Å²) in [6, 6.07) is 10.4. The van der Waals surface area contributed by atoms with E-state index in [1.807, 2.05) is 18.2 Å². The molecule has 0 amide bonds. The van der Waals surface area contributed by atoms with Gasteiger partial charge in [0.05, 0.1) is 6.10 Å². The van der Waals surface area contributed by atoms with E-state index in [0.29, 0.717) is 12.3 Å². The summed E-state index contributed by atoms with van der Waals surface area (Å²) in [5.41, 5.74) is 1.32. The second-order valence-electron chi connectivity index (χ2n) is 4.52. The molecule has 0 aliphatic carbocycles. The Hall–Kier alpha value is -0.900. The first-order valence-electron chi connectivity index (χ1n) is 5.85. The molecule has 88 valence electrons. The molecule has 0 bridgehead atoms. The molecule has 0 spiro atoms. The Balaban J connectivity index is 1.73. The van der Waals surface area contributed by atoms with Crippen LogP contribution in [0.2, 0.25) is 0 Å². The molecule has 0 saturated carbocycles. The first-order chi connectivity index (χ1) is 7.79. The van der Waals surface area contributed by atoms with Gasteiger partial charge in [-0.1, -0.05) is 30.3 Å². The molecule has 1 aliphatic rings. The number of aliphatic hydroxyl groups is 2. The Morgan fingerprint density at radius 3 is 2.56 bits per heavy atom.